The number of nitriles is 1. The number of rotatable bonds is 4. The first-order chi connectivity index (χ1) is 18.4. The van der Waals surface area contributed by atoms with Crippen LogP contribution in [-0.2, 0) is 0 Å². The number of aromatic nitrogens is 5. The van der Waals surface area contributed by atoms with Crippen LogP contribution in [0.2, 0.25) is 0 Å². The van der Waals surface area contributed by atoms with Gasteiger partial charge in [-0.3, -0.25) is 9.48 Å². The Labute approximate surface area is 221 Å². The minimum absolute atomic E-state index is 0.000842. The fourth-order valence-corrected chi connectivity index (χ4v) is 5.89. The van der Waals surface area contributed by atoms with Gasteiger partial charge in [0.05, 0.1) is 47.1 Å². The summed E-state index contributed by atoms with van der Waals surface area (Å²) in [5.74, 6) is 0.331. The van der Waals surface area contributed by atoms with E-state index in [1.54, 1.807) is 10.7 Å². The van der Waals surface area contributed by atoms with Crippen molar-refractivity contribution in [3.8, 4) is 6.07 Å². The molecule has 0 aliphatic carbocycles. The van der Waals surface area contributed by atoms with Gasteiger partial charge in [0.25, 0.3) is 5.91 Å². The van der Waals surface area contributed by atoms with Gasteiger partial charge in [-0.2, -0.15) is 15.5 Å². The number of piperidine rings is 1. The molecule has 3 aromatic heterocycles. The lowest BCUT2D eigenvalue weighted by molar-refractivity contribution is 0.0607. The van der Waals surface area contributed by atoms with Crippen molar-refractivity contribution in [1.82, 2.24) is 29.3 Å². The number of fused-ring (bicyclic) bond motifs is 2. The van der Waals surface area contributed by atoms with E-state index in [9.17, 15) is 15.2 Å². The number of benzene rings is 1. The Balaban J connectivity index is 1.33. The van der Waals surface area contributed by atoms with Gasteiger partial charge >= 0.3 is 0 Å². The van der Waals surface area contributed by atoms with Gasteiger partial charge in [-0.15, -0.1) is 0 Å². The fraction of sp³-hybridized carbons (Fsp3) is 0.464. The van der Waals surface area contributed by atoms with Crippen LogP contribution in [0.5, 0.6) is 0 Å². The molecule has 1 amide bonds. The first-order valence-electron chi connectivity index (χ1n) is 13.3. The first-order valence-corrected chi connectivity index (χ1v) is 13.3. The molecular weight excluding hydrogens is 480 g/mol. The molecule has 4 aromatic rings. The lowest BCUT2D eigenvalue weighted by Gasteiger charge is -2.35. The zero-order valence-corrected chi connectivity index (χ0v) is 21.9. The van der Waals surface area contributed by atoms with Crippen molar-refractivity contribution in [1.29, 1.82) is 5.26 Å². The maximum absolute atomic E-state index is 13.9. The van der Waals surface area contributed by atoms with E-state index in [0.717, 1.165) is 47.2 Å². The third kappa shape index (κ3) is 3.98. The summed E-state index contributed by atoms with van der Waals surface area (Å²) < 4.78 is 3.72. The van der Waals surface area contributed by atoms with E-state index in [2.05, 4.69) is 25.0 Å². The summed E-state index contributed by atoms with van der Waals surface area (Å²) in [7, 11) is 0. The summed E-state index contributed by atoms with van der Waals surface area (Å²) in [6.45, 7) is 7.63. The molecule has 2 aliphatic heterocycles. The van der Waals surface area contributed by atoms with Crippen LogP contribution in [0.3, 0.4) is 0 Å². The number of aryl methyl sites for hydroxylation is 1. The molecule has 2 aliphatic rings. The van der Waals surface area contributed by atoms with Gasteiger partial charge in [-0.1, -0.05) is 6.07 Å². The molecular formula is C28H32N8O2. The van der Waals surface area contributed by atoms with Gasteiger partial charge in [-0.05, 0) is 52.2 Å². The number of carbonyl (C=O) groups is 1. The zero-order valence-electron chi connectivity index (χ0n) is 21.9. The van der Waals surface area contributed by atoms with E-state index >= 15 is 0 Å². The molecule has 2 saturated heterocycles. The highest BCUT2D eigenvalue weighted by Gasteiger charge is 2.34. The van der Waals surface area contributed by atoms with Crippen molar-refractivity contribution in [2.45, 2.75) is 58.2 Å². The number of hydrogen-bond donors (Lipinski definition) is 1. The molecule has 0 radical (unpaired) electrons. The topological polar surface area (TPSA) is 116 Å². The lowest BCUT2D eigenvalue weighted by atomic mass is 9.97. The number of amides is 1. The molecule has 0 bridgehead atoms. The summed E-state index contributed by atoms with van der Waals surface area (Å²) in [5, 5.41) is 29.8. The van der Waals surface area contributed by atoms with Crippen LogP contribution in [0, 0.1) is 24.2 Å². The monoisotopic (exact) mass is 512 g/mol. The number of likely N-dealkylation sites (tertiary alicyclic amines) is 1. The van der Waals surface area contributed by atoms with Gasteiger partial charge in [0.1, 0.15) is 5.82 Å². The maximum Gasteiger partial charge on any atom is 0.255 e. The minimum Gasteiger partial charge on any atom is -0.390 e. The van der Waals surface area contributed by atoms with E-state index in [0.29, 0.717) is 30.8 Å². The summed E-state index contributed by atoms with van der Waals surface area (Å²) in [4.78, 5) is 22.7. The number of β-amino-alcohol motifs (C(OH)–C–C–N with tert-alkyl or cyclic N) is 1. The van der Waals surface area contributed by atoms with Gasteiger partial charge in [0.15, 0.2) is 5.65 Å². The van der Waals surface area contributed by atoms with Crippen LogP contribution in [0.4, 0.5) is 5.82 Å². The molecule has 6 rings (SSSR count). The molecule has 196 valence electrons. The molecule has 3 atom stereocenters. The number of hydrogen-bond acceptors (Lipinski definition) is 7. The molecule has 5 heterocycles. The lowest BCUT2D eigenvalue weighted by Crippen LogP contribution is -2.38. The summed E-state index contributed by atoms with van der Waals surface area (Å²) >= 11 is 0. The van der Waals surface area contributed by atoms with Gasteiger partial charge in [0.2, 0.25) is 0 Å². The fourth-order valence-electron chi connectivity index (χ4n) is 5.89. The van der Waals surface area contributed by atoms with Crippen LogP contribution >= 0.6 is 0 Å². The number of aliphatic hydroxyl groups excluding tert-OH is 1. The van der Waals surface area contributed by atoms with E-state index in [-0.39, 0.29) is 18.0 Å². The zero-order chi connectivity index (χ0) is 26.6. The van der Waals surface area contributed by atoms with E-state index in [1.807, 2.05) is 51.9 Å². The van der Waals surface area contributed by atoms with Crippen molar-refractivity contribution in [2.24, 2.45) is 5.92 Å². The SMILES string of the molecule is Cc1cn2nc([C@@H]3CCCCN3C(=O)c3cccc4c3cnn4C(C)C)cc2nc1N1C[C@@H](C#N)[C@@H](O)C1. The highest BCUT2D eigenvalue weighted by atomic mass is 16.3. The van der Waals surface area contributed by atoms with Gasteiger partial charge in [-0.25, -0.2) is 9.50 Å². The van der Waals surface area contributed by atoms with E-state index in [1.165, 1.54) is 0 Å². The number of aliphatic hydroxyl groups is 1. The largest absolute Gasteiger partial charge is 0.390 e. The highest BCUT2D eigenvalue weighted by molar-refractivity contribution is 6.06. The molecule has 0 unspecified atom stereocenters. The quantitative estimate of drug-likeness (QED) is 0.444. The number of anilines is 1. The van der Waals surface area contributed by atoms with Crippen molar-refractivity contribution >= 4 is 28.3 Å². The minimum atomic E-state index is -0.684. The highest BCUT2D eigenvalue weighted by Crippen LogP contribution is 2.34. The second-order valence-corrected chi connectivity index (χ2v) is 10.8. The number of carbonyl (C=O) groups excluding carboxylic acids is 1. The normalized spacial score (nSPS) is 22.1. The first kappa shape index (κ1) is 24.4. The predicted molar refractivity (Wildman–Crippen MR) is 143 cm³/mol. The maximum atomic E-state index is 13.9. The molecule has 10 heteroatoms. The van der Waals surface area contributed by atoms with Crippen LogP contribution < -0.4 is 4.90 Å². The van der Waals surface area contributed by atoms with Crippen LogP contribution in [0.1, 0.15) is 66.8 Å². The third-order valence-corrected chi connectivity index (χ3v) is 7.84. The molecule has 1 aromatic carbocycles. The second kappa shape index (κ2) is 9.40. The molecule has 10 nitrogen and oxygen atoms in total. The van der Waals surface area contributed by atoms with E-state index < -0.39 is 12.0 Å². The van der Waals surface area contributed by atoms with Gasteiger partial charge in [0, 0.05) is 48.9 Å². The summed E-state index contributed by atoms with van der Waals surface area (Å²) in [5.41, 5.74) is 4.06. The van der Waals surface area contributed by atoms with Crippen LogP contribution in [0.15, 0.2) is 36.7 Å². The molecule has 2 fully saturated rings. The van der Waals surface area contributed by atoms with Crippen molar-refractivity contribution in [3.63, 3.8) is 0 Å². The third-order valence-electron chi connectivity index (χ3n) is 7.84. The smallest absolute Gasteiger partial charge is 0.255 e. The average Bonchev–Trinajstić information content (AvgIpc) is 3.63. The van der Waals surface area contributed by atoms with Crippen molar-refractivity contribution in [2.75, 3.05) is 24.5 Å². The molecule has 0 spiro atoms. The molecule has 1 N–H and O–H groups in total. The van der Waals surface area contributed by atoms with Crippen LogP contribution in [0.25, 0.3) is 16.6 Å². The van der Waals surface area contributed by atoms with Gasteiger partial charge < -0.3 is 14.9 Å². The molecule has 0 saturated carbocycles. The van der Waals surface area contributed by atoms with Crippen molar-refractivity contribution < 1.29 is 9.90 Å². The Morgan fingerprint density at radius 2 is 2.08 bits per heavy atom. The standard InChI is InChI=1S/C28H32N8O2/c1-17(2)36-23-9-6-7-20(21(23)13-30-36)28(38)34-10-5-4-8-24(34)22-11-26-31-27(18(3)14-35(26)32-22)33-15-19(12-29)25(37)16-33/h6-7,9,11,13-14,17,19,24-25,37H,4-5,8,10,15-16H2,1-3H3/t19-,24+,25+/m1/s1. The summed E-state index contributed by atoms with van der Waals surface area (Å²) in [6, 6.07) is 10.0. The molecule has 38 heavy (non-hydrogen) atoms. The number of nitrogens with zero attached hydrogens (tertiary/aromatic N) is 8. The second-order valence-electron chi connectivity index (χ2n) is 10.8. The Kier molecular flexibility index (Phi) is 6.03. The Hall–Kier alpha value is -3.97. The predicted octanol–water partition coefficient (Wildman–Crippen LogP) is 3.66. The Morgan fingerprint density at radius 3 is 2.84 bits per heavy atom. The Bertz CT molecular complexity index is 1560. The van der Waals surface area contributed by atoms with Crippen LogP contribution in [-0.4, -0.2) is 66.0 Å². The summed E-state index contributed by atoms with van der Waals surface area (Å²) in [6.07, 6.45) is 5.87. The average molecular weight is 513 g/mol. The van der Waals surface area contributed by atoms with E-state index in [4.69, 9.17) is 10.1 Å². The Morgan fingerprint density at radius 1 is 1.24 bits per heavy atom. The van der Waals surface area contributed by atoms with Crippen molar-refractivity contribution in [3.05, 3.63) is 53.5 Å².